The maximum Gasteiger partial charge on any atom is 0.211 e. The Kier molecular flexibility index (Phi) is 1.28. The molecular weight excluding hydrogens is 148 g/mol. The molecule has 0 aromatic carbocycles. The Bertz CT molecular complexity index is 251. The second-order valence-electron chi connectivity index (χ2n) is 1.84. The van der Waals surface area contributed by atoms with Crippen molar-refractivity contribution in [1.29, 1.82) is 0 Å². The van der Waals surface area contributed by atoms with Crippen molar-refractivity contribution < 1.29 is 0 Å². The molecule has 1 aliphatic rings. The van der Waals surface area contributed by atoms with Crippen LogP contribution in [0.3, 0.4) is 0 Å². The number of hydrogen-bond acceptors (Lipinski definition) is 5. The lowest BCUT2D eigenvalue weighted by Crippen LogP contribution is -1.81. The molecule has 0 saturated heterocycles. The summed E-state index contributed by atoms with van der Waals surface area (Å²) in [6.07, 6.45) is -0.175. The van der Waals surface area contributed by atoms with Crippen LogP contribution >= 0.6 is 11.3 Å². The third-order valence-electron chi connectivity index (χ3n) is 1.20. The van der Waals surface area contributed by atoms with Crippen molar-refractivity contribution in [2.75, 3.05) is 0 Å². The van der Waals surface area contributed by atoms with E-state index >= 15 is 0 Å². The average molecular weight is 152 g/mol. The highest BCUT2D eigenvalue weighted by Crippen LogP contribution is 2.25. The Labute approximate surface area is 61.3 Å². The van der Waals surface area contributed by atoms with Gasteiger partial charge in [0.15, 0.2) is 0 Å². The summed E-state index contributed by atoms with van der Waals surface area (Å²) in [7, 11) is 0. The number of hydrogen-bond donors (Lipinski definition) is 0. The van der Waals surface area contributed by atoms with Crippen molar-refractivity contribution in [2.24, 2.45) is 20.7 Å². The minimum atomic E-state index is -0.175. The Balaban J connectivity index is 2.29. The second-order valence-corrected chi connectivity index (χ2v) is 2.62. The monoisotopic (exact) mass is 152 g/mol. The van der Waals surface area contributed by atoms with E-state index in [0.717, 1.165) is 5.56 Å². The van der Waals surface area contributed by atoms with E-state index in [1.54, 1.807) is 11.3 Å². The molecule has 0 unspecified atom stereocenters. The largest absolute Gasteiger partial charge is 0.211 e. The number of thiophene rings is 1. The molecule has 5 heteroatoms. The third-order valence-corrected chi connectivity index (χ3v) is 1.90. The summed E-state index contributed by atoms with van der Waals surface area (Å²) in [6, 6.07) is 1.97. The summed E-state index contributed by atoms with van der Waals surface area (Å²) in [5.74, 6) is 0. The van der Waals surface area contributed by atoms with Crippen LogP contribution in [-0.4, -0.2) is 0 Å². The quantitative estimate of drug-likeness (QED) is 0.593. The molecule has 4 nitrogen and oxygen atoms in total. The Morgan fingerprint density at radius 1 is 1.30 bits per heavy atom. The van der Waals surface area contributed by atoms with Gasteiger partial charge in [0.2, 0.25) is 6.17 Å². The molecule has 0 amide bonds. The van der Waals surface area contributed by atoms with Gasteiger partial charge in [-0.2, -0.15) is 11.3 Å². The predicted molar refractivity (Wildman–Crippen MR) is 36.8 cm³/mol. The van der Waals surface area contributed by atoms with E-state index in [1.165, 1.54) is 0 Å². The van der Waals surface area contributed by atoms with Crippen molar-refractivity contribution in [3.8, 4) is 0 Å². The molecular formula is C5H4N4S. The average Bonchev–Trinajstić information content (AvgIpc) is 2.59. The SMILES string of the molecule is c1cc(C2N=NN=N2)cs1. The van der Waals surface area contributed by atoms with Gasteiger partial charge in [0.25, 0.3) is 0 Å². The van der Waals surface area contributed by atoms with Crippen LogP contribution in [-0.2, 0) is 0 Å². The molecule has 2 heterocycles. The van der Waals surface area contributed by atoms with Crippen LogP contribution in [0, 0.1) is 0 Å². The maximum atomic E-state index is 3.78. The van der Waals surface area contributed by atoms with Gasteiger partial charge in [-0.3, -0.25) is 0 Å². The predicted octanol–water partition coefficient (Wildman–Crippen LogP) is 2.58. The molecule has 0 saturated carbocycles. The molecule has 0 radical (unpaired) electrons. The van der Waals surface area contributed by atoms with Gasteiger partial charge >= 0.3 is 0 Å². The van der Waals surface area contributed by atoms with Crippen LogP contribution < -0.4 is 0 Å². The van der Waals surface area contributed by atoms with Crippen molar-refractivity contribution in [2.45, 2.75) is 6.17 Å². The fourth-order valence-electron chi connectivity index (χ4n) is 0.722. The van der Waals surface area contributed by atoms with Gasteiger partial charge < -0.3 is 0 Å². The van der Waals surface area contributed by atoms with Gasteiger partial charge in [0.1, 0.15) is 0 Å². The van der Waals surface area contributed by atoms with Crippen LogP contribution in [0.5, 0.6) is 0 Å². The molecule has 1 aliphatic heterocycles. The lowest BCUT2D eigenvalue weighted by Gasteiger charge is -1.92. The number of nitrogens with zero attached hydrogens (tertiary/aromatic N) is 4. The van der Waals surface area contributed by atoms with Crippen molar-refractivity contribution in [3.05, 3.63) is 22.4 Å². The first-order valence-corrected chi connectivity index (χ1v) is 3.73. The topological polar surface area (TPSA) is 49.4 Å². The van der Waals surface area contributed by atoms with Crippen molar-refractivity contribution in [1.82, 2.24) is 0 Å². The van der Waals surface area contributed by atoms with Crippen LogP contribution in [0.15, 0.2) is 37.5 Å². The van der Waals surface area contributed by atoms with Crippen LogP contribution in [0.4, 0.5) is 0 Å². The first kappa shape index (κ1) is 5.67. The maximum absolute atomic E-state index is 3.78. The minimum absolute atomic E-state index is 0.175. The molecule has 50 valence electrons. The summed E-state index contributed by atoms with van der Waals surface area (Å²) in [5, 5.41) is 18.3. The second kappa shape index (κ2) is 2.26. The summed E-state index contributed by atoms with van der Waals surface area (Å²) >= 11 is 1.62. The van der Waals surface area contributed by atoms with Crippen LogP contribution in [0.1, 0.15) is 11.7 Å². The molecule has 0 atom stereocenters. The first-order valence-electron chi connectivity index (χ1n) is 2.79. The molecule has 0 fully saturated rings. The smallest absolute Gasteiger partial charge is 0.152 e. The molecule has 0 aliphatic carbocycles. The Morgan fingerprint density at radius 2 is 2.10 bits per heavy atom. The molecule has 2 rings (SSSR count). The normalized spacial score (nSPS) is 16.8. The van der Waals surface area contributed by atoms with E-state index < -0.39 is 0 Å². The van der Waals surface area contributed by atoms with E-state index in [4.69, 9.17) is 0 Å². The highest BCUT2D eigenvalue weighted by atomic mass is 32.1. The highest BCUT2D eigenvalue weighted by molar-refractivity contribution is 7.07. The zero-order chi connectivity index (χ0) is 6.81. The Hall–Kier alpha value is -1.10. The molecule has 0 N–H and O–H groups in total. The molecule has 10 heavy (non-hydrogen) atoms. The van der Waals surface area contributed by atoms with E-state index in [-0.39, 0.29) is 6.17 Å². The van der Waals surface area contributed by atoms with E-state index in [1.807, 2.05) is 16.8 Å². The van der Waals surface area contributed by atoms with Crippen LogP contribution in [0.2, 0.25) is 0 Å². The Morgan fingerprint density at radius 3 is 2.70 bits per heavy atom. The number of rotatable bonds is 1. The van der Waals surface area contributed by atoms with Crippen molar-refractivity contribution in [3.63, 3.8) is 0 Å². The van der Waals surface area contributed by atoms with Gasteiger partial charge in [0.05, 0.1) is 0 Å². The lowest BCUT2D eigenvalue weighted by atomic mass is 10.3. The lowest BCUT2D eigenvalue weighted by molar-refractivity contribution is 0.768. The van der Waals surface area contributed by atoms with Gasteiger partial charge in [0, 0.05) is 5.56 Å². The molecule has 1 aromatic heterocycles. The van der Waals surface area contributed by atoms with Gasteiger partial charge in [-0.05, 0) is 27.3 Å². The van der Waals surface area contributed by atoms with Crippen molar-refractivity contribution >= 4 is 11.3 Å². The molecule has 0 bridgehead atoms. The summed E-state index contributed by atoms with van der Waals surface area (Å²) < 4.78 is 0. The van der Waals surface area contributed by atoms with E-state index in [9.17, 15) is 0 Å². The summed E-state index contributed by atoms with van der Waals surface area (Å²) in [6.45, 7) is 0. The van der Waals surface area contributed by atoms with Gasteiger partial charge in [-0.25, -0.2) is 0 Å². The summed E-state index contributed by atoms with van der Waals surface area (Å²) in [5.41, 5.74) is 1.06. The fourth-order valence-corrected chi connectivity index (χ4v) is 1.39. The van der Waals surface area contributed by atoms with Gasteiger partial charge in [-0.15, -0.1) is 10.2 Å². The van der Waals surface area contributed by atoms with E-state index in [0.29, 0.717) is 0 Å². The summed E-state index contributed by atoms with van der Waals surface area (Å²) in [4.78, 5) is 0. The van der Waals surface area contributed by atoms with Crippen LogP contribution in [0.25, 0.3) is 0 Å². The standard InChI is InChI=1S/C5H4N4S/c1-2-10-3-4(1)5-6-8-9-7-5/h1-3,5H. The first-order chi connectivity index (χ1) is 4.97. The molecule has 1 aromatic rings. The minimum Gasteiger partial charge on any atom is -0.152 e. The molecule has 0 spiro atoms. The van der Waals surface area contributed by atoms with E-state index in [2.05, 4.69) is 20.7 Å². The van der Waals surface area contributed by atoms with Gasteiger partial charge in [-0.1, -0.05) is 0 Å². The zero-order valence-corrected chi connectivity index (χ0v) is 5.82. The fraction of sp³-hybridized carbons (Fsp3) is 0.200. The highest BCUT2D eigenvalue weighted by Gasteiger charge is 2.11. The third kappa shape index (κ3) is 0.841. The zero-order valence-electron chi connectivity index (χ0n) is 5.01.